The van der Waals surface area contributed by atoms with E-state index in [0.29, 0.717) is 13.0 Å². The lowest BCUT2D eigenvalue weighted by Gasteiger charge is -2.28. The molecule has 0 aromatic heterocycles. The number of carboxylic acid groups (broad SMARTS) is 1. The van der Waals surface area contributed by atoms with E-state index in [-0.39, 0.29) is 24.6 Å². The van der Waals surface area contributed by atoms with E-state index in [1.54, 1.807) is 11.9 Å². The van der Waals surface area contributed by atoms with Crippen molar-refractivity contribution in [2.24, 2.45) is 0 Å². The first-order valence-corrected chi connectivity index (χ1v) is 6.88. The molecular formula is C13H24N2O4. The van der Waals surface area contributed by atoms with Crippen LogP contribution < -0.4 is 5.32 Å². The van der Waals surface area contributed by atoms with Crippen LogP contribution in [0, 0.1) is 0 Å². The van der Waals surface area contributed by atoms with Crippen molar-refractivity contribution >= 4 is 12.0 Å². The normalized spacial score (nSPS) is 20.6. The lowest BCUT2D eigenvalue weighted by molar-refractivity contribution is -0.137. The van der Waals surface area contributed by atoms with Crippen LogP contribution in [0.3, 0.4) is 0 Å². The van der Waals surface area contributed by atoms with Crippen LogP contribution >= 0.6 is 0 Å². The van der Waals surface area contributed by atoms with Gasteiger partial charge in [0.15, 0.2) is 0 Å². The Balaban J connectivity index is 2.35. The quantitative estimate of drug-likeness (QED) is 0.767. The van der Waals surface area contributed by atoms with Crippen molar-refractivity contribution in [2.45, 2.75) is 51.2 Å². The number of rotatable bonds is 6. The second kappa shape index (κ2) is 7.99. The topological polar surface area (TPSA) is 78.9 Å². The molecule has 110 valence electrons. The molecule has 1 aliphatic rings. The number of ether oxygens (including phenoxy) is 1. The van der Waals surface area contributed by atoms with Crippen molar-refractivity contribution in [3.63, 3.8) is 0 Å². The Kier molecular flexibility index (Phi) is 6.62. The molecule has 0 bridgehead atoms. The average molecular weight is 272 g/mol. The fourth-order valence-corrected chi connectivity index (χ4v) is 2.13. The number of amides is 2. The lowest BCUT2D eigenvalue weighted by atomic mass is 10.1. The number of nitrogens with one attached hydrogen (secondary N) is 1. The molecule has 2 unspecified atom stereocenters. The van der Waals surface area contributed by atoms with Gasteiger partial charge in [-0.05, 0) is 25.7 Å². The number of aliphatic carboxylic acids is 1. The van der Waals surface area contributed by atoms with Crippen LogP contribution in [-0.2, 0) is 9.53 Å². The van der Waals surface area contributed by atoms with E-state index in [2.05, 4.69) is 5.32 Å². The summed E-state index contributed by atoms with van der Waals surface area (Å²) in [7, 11) is 1.71. The predicted molar refractivity (Wildman–Crippen MR) is 71.1 cm³/mol. The van der Waals surface area contributed by atoms with Gasteiger partial charge in [0.05, 0.1) is 12.5 Å². The summed E-state index contributed by atoms with van der Waals surface area (Å²) in [6.45, 7) is 3.17. The highest BCUT2D eigenvalue weighted by molar-refractivity contribution is 5.75. The minimum absolute atomic E-state index is 0.0456. The first-order valence-electron chi connectivity index (χ1n) is 6.88. The molecule has 0 spiro atoms. The number of nitrogens with zero attached hydrogens (tertiary/aromatic N) is 1. The molecule has 0 aromatic rings. The van der Waals surface area contributed by atoms with E-state index in [1.807, 2.05) is 6.92 Å². The molecule has 0 saturated carbocycles. The maximum absolute atomic E-state index is 11.9. The summed E-state index contributed by atoms with van der Waals surface area (Å²) < 4.78 is 5.58. The molecule has 0 radical (unpaired) electrons. The van der Waals surface area contributed by atoms with Crippen LogP contribution in [-0.4, -0.2) is 54.4 Å². The number of carboxylic acids is 1. The largest absolute Gasteiger partial charge is 0.481 e. The summed E-state index contributed by atoms with van der Waals surface area (Å²) in [5, 5.41) is 11.5. The molecule has 2 amide bonds. The Labute approximate surface area is 114 Å². The minimum Gasteiger partial charge on any atom is -0.481 e. The van der Waals surface area contributed by atoms with Gasteiger partial charge < -0.3 is 20.1 Å². The van der Waals surface area contributed by atoms with Gasteiger partial charge in [-0.2, -0.15) is 0 Å². The van der Waals surface area contributed by atoms with E-state index >= 15 is 0 Å². The molecule has 0 aliphatic carbocycles. The zero-order chi connectivity index (χ0) is 14.3. The Hall–Kier alpha value is -1.30. The van der Waals surface area contributed by atoms with Crippen molar-refractivity contribution in [3.05, 3.63) is 0 Å². The molecule has 2 atom stereocenters. The van der Waals surface area contributed by atoms with Crippen LogP contribution in [0.4, 0.5) is 4.79 Å². The number of hydrogen-bond donors (Lipinski definition) is 2. The van der Waals surface area contributed by atoms with E-state index in [4.69, 9.17) is 9.84 Å². The maximum atomic E-state index is 11.9. The van der Waals surface area contributed by atoms with Crippen LogP contribution in [0.2, 0.25) is 0 Å². The Morgan fingerprint density at radius 2 is 2.21 bits per heavy atom. The Morgan fingerprint density at radius 3 is 2.74 bits per heavy atom. The summed E-state index contributed by atoms with van der Waals surface area (Å²) in [6, 6.07) is -0.554. The van der Waals surface area contributed by atoms with Gasteiger partial charge in [-0.3, -0.25) is 4.79 Å². The molecular weight excluding hydrogens is 248 g/mol. The SMILES string of the molecule is CCC(CC(=O)O)NC(=O)N(C)CC1CCCCO1. The second-order valence-corrected chi connectivity index (χ2v) is 5.02. The molecule has 1 fully saturated rings. The van der Waals surface area contributed by atoms with Crippen LogP contribution in [0.5, 0.6) is 0 Å². The smallest absolute Gasteiger partial charge is 0.317 e. The third-order valence-corrected chi connectivity index (χ3v) is 3.34. The summed E-state index contributed by atoms with van der Waals surface area (Å²) in [6.07, 6.45) is 3.86. The standard InChI is InChI=1S/C13H24N2O4/c1-3-10(8-12(16)17)14-13(18)15(2)9-11-6-4-5-7-19-11/h10-11H,3-9H2,1-2H3,(H,14,18)(H,16,17). The predicted octanol–water partition coefficient (Wildman–Crippen LogP) is 1.45. The minimum atomic E-state index is -0.898. The summed E-state index contributed by atoms with van der Waals surface area (Å²) in [5.74, 6) is -0.898. The van der Waals surface area contributed by atoms with Gasteiger partial charge >= 0.3 is 12.0 Å². The van der Waals surface area contributed by atoms with E-state index in [0.717, 1.165) is 25.9 Å². The van der Waals surface area contributed by atoms with Crippen molar-refractivity contribution in [1.82, 2.24) is 10.2 Å². The molecule has 6 nitrogen and oxygen atoms in total. The van der Waals surface area contributed by atoms with Crippen molar-refractivity contribution in [2.75, 3.05) is 20.2 Å². The van der Waals surface area contributed by atoms with Gasteiger partial charge in [-0.25, -0.2) is 4.79 Å². The first-order chi connectivity index (χ1) is 9.02. The summed E-state index contributed by atoms with van der Waals surface area (Å²) in [5.41, 5.74) is 0. The highest BCUT2D eigenvalue weighted by Crippen LogP contribution is 2.13. The van der Waals surface area contributed by atoms with Gasteiger partial charge in [0.1, 0.15) is 0 Å². The molecule has 1 rings (SSSR count). The molecule has 0 aromatic carbocycles. The molecule has 2 N–H and O–H groups in total. The van der Waals surface area contributed by atoms with Crippen LogP contribution in [0.25, 0.3) is 0 Å². The zero-order valence-electron chi connectivity index (χ0n) is 11.7. The number of likely N-dealkylation sites (N-methyl/N-ethyl adjacent to an activating group) is 1. The molecule has 19 heavy (non-hydrogen) atoms. The third-order valence-electron chi connectivity index (χ3n) is 3.34. The molecule has 1 aliphatic heterocycles. The van der Waals surface area contributed by atoms with E-state index in [9.17, 15) is 9.59 Å². The Morgan fingerprint density at radius 1 is 1.47 bits per heavy atom. The van der Waals surface area contributed by atoms with E-state index < -0.39 is 5.97 Å². The van der Waals surface area contributed by atoms with Gasteiger partial charge in [-0.1, -0.05) is 6.92 Å². The van der Waals surface area contributed by atoms with Crippen molar-refractivity contribution < 1.29 is 19.4 Å². The zero-order valence-corrected chi connectivity index (χ0v) is 11.7. The monoisotopic (exact) mass is 272 g/mol. The second-order valence-electron chi connectivity index (χ2n) is 5.02. The van der Waals surface area contributed by atoms with Crippen molar-refractivity contribution in [1.29, 1.82) is 0 Å². The van der Waals surface area contributed by atoms with Crippen LogP contribution in [0.15, 0.2) is 0 Å². The molecule has 1 saturated heterocycles. The fraction of sp³-hybridized carbons (Fsp3) is 0.846. The molecule has 1 heterocycles. The van der Waals surface area contributed by atoms with Crippen molar-refractivity contribution in [3.8, 4) is 0 Å². The van der Waals surface area contributed by atoms with E-state index in [1.165, 1.54) is 0 Å². The van der Waals surface area contributed by atoms with Gasteiger partial charge in [0, 0.05) is 26.2 Å². The van der Waals surface area contributed by atoms with Crippen LogP contribution in [0.1, 0.15) is 39.0 Å². The Bertz CT molecular complexity index is 303. The number of hydrogen-bond acceptors (Lipinski definition) is 3. The highest BCUT2D eigenvalue weighted by Gasteiger charge is 2.21. The summed E-state index contributed by atoms with van der Waals surface area (Å²) >= 11 is 0. The molecule has 6 heteroatoms. The fourth-order valence-electron chi connectivity index (χ4n) is 2.13. The first kappa shape index (κ1) is 15.8. The third kappa shape index (κ3) is 5.92. The highest BCUT2D eigenvalue weighted by atomic mass is 16.5. The average Bonchev–Trinajstić information content (AvgIpc) is 2.38. The summed E-state index contributed by atoms with van der Waals surface area (Å²) in [4.78, 5) is 24.2. The van der Waals surface area contributed by atoms with Gasteiger partial charge in [-0.15, -0.1) is 0 Å². The lowest BCUT2D eigenvalue weighted by Crippen LogP contribution is -2.46. The number of urea groups is 1. The van der Waals surface area contributed by atoms with Gasteiger partial charge in [0.2, 0.25) is 0 Å². The number of carbonyl (C=O) groups is 2. The maximum Gasteiger partial charge on any atom is 0.317 e. The van der Waals surface area contributed by atoms with Gasteiger partial charge in [0.25, 0.3) is 0 Å². The number of carbonyl (C=O) groups excluding carboxylic acids is 1.